The van der Waals surface area contributed by atoms with E-state index in [0.29, 0.717) is 0 Å². The van der Waals surface area contributed by atoms with E-state index in [4.69, 9.17) is 4.42 Å². The minimum absolute atomic E-state index is 0.895. The smallest absolute Gasteiger partial charge is 0.135 e. The van der Waals surface area contributed by atoms with Gasteiger partial charge in [-0.1, -0.05) is 140 Å². The highest BCUT2D eigenvalue weighted by atomic mass is 16.3. The minimum Gasteiger partial charge on any atom is -0.456 e. The van der Waals surface area contributed by atoms with Crippen molar-refractivity contribution in [2.45, 2.75) is 0 Å². The van der Waals surface area contributed by atoms with E-state index in [-0.39, 0.29) is 0 Å². The van der Waals surface area contributed by atoms with Crippen LogP contribution in [0.4, 0.5) is 0 Å². The van der Waals surface area contributed by atoms with Crippen LogP contribution in [0.15, 0.2) is 211 Å². The summed E-state index contributed by atoms with van der Waals surface area (Å²) in [6, 6.07) is 74.6. The number of benzene rings is 9. The molecule has 3 aromatic heterocycles. The van der Waals surface area contributed by atoms with Gasteiger partial charge in [0, 0.05) is 43.7 Å². The van der Waals surface area contributed by atoms with Crippen molar-refractivity contribution in [3.05, 3.63) is 206 Å². The molecule has 0 atom stereocenters. The van der Waals surface area contributed by atoms with E-state index in [0.717, 1.165) is 33.3 Å². The Morgan fingerprint density at radius 1 is 0.281 bits per heavy atom. The molecule has 12 aromatic rings. The molecular formula is C54H34N2O. The van der Waals surface area contributed by atoms with Crippen molar-refractivity contribution in [1.29, 1.82) is 0 Å². The maximum absolute atomic E-state index is 6.25. The van der Waals surface area contributed by atoms with Crippen LogP contribution in [-0.4, -0.2) is 9.13 Å². The number of furan rings is 1. The first-order valence-corrected chi connectivity index (χ1v) is 19.5. The Morgan fingerprint density at radius 3 is 1.70 bits per heavy atom. The Balaban J connectivity index is 1.15. The second-order valence-corrected chi connectivity index (χ2v) is 14.9. The van der Waals surface area contributed by atoms with E-state index in [1.165, 1.54) is 77.0 Å². The lowest BCUT2D eigenvalue weighted by atomic mass is 9.90. The number of para-hydroxylation sites is 3. The molecule has 9 aromatic carbocycles. The highest BCUT2D eigenvalue weighted by Crippen LogP contribution is 2.45. The van der Waals surface area contributed by atoms with Gasteiger partial charge in [0.25, 0.3) is 0 Å². The van der Waals surface area contributed by atoms with Crippen LogP contribution < -0.4 is 0 Å². The molecule has 57 heavy (non-hydrogen) atoms. The molecule has 266 valence electrons. The predicted molar refractivity (Wildman–Crippen MR) is 239 cm³/mol. The van der Waals surface area contributed by atoms with E-state index in [1.54, 1.807) is 0 Å². The van der Waals surface area contributed by atoms with Crippen LogP contribution >= 0.6 is 0 Å². The first-order valence-electron chi connectivity index (χ1n) is 19.5. The van der Waals surface area contributed by atoms with Crippen molar-refractivity contribution in [2.75, 3.05) is 0 Å². The summed E-state index contributed by atoms with van der Waals surface area (Å²) >= 11 is 0. The van der Waals surface area contributed by atoms with E-state index in [9.17, 15) is 0 Å². The third-order valence-electron chi connectivity index (χ3n) is 11.7. The quantitative estimate of drug-likeness (QED) is 0.173. The van der Waals surface area contributed by atoms with Gasteiger partial charge in [-0.2, -0.15) is 0 Å². The molecule has 0 aliphatic heterocycles. The SMILES string of the molecule is c1ccc(-c2cccc(-n3c4ccccc4c4c(-c5cc6c7ccccc7n(-c7ccc8oc9ccccc9c8c7)c6cc5-c5ccccc5)cccc43)c2)cc1. The van der Waals surface area contributed by atoms with Crippen LogP contribution in [0.3, 0.4) is 0 Å². The monoisotopic (exact) mass is 726 g/mol. The van der Waals surface area contributed by atoms with Gasteiger partial charge in [0.15, 0.2) is 0 Å². The van der Waals surface area contributed by atoms with Crippen molar-refractivity contribution in [2.24, 2.45) is 0 Å². The van der Waals surface area contributed by atoms with E-state index >= 15 is 0 Å². The molecule has 0 spiro atoms. The zero-order valence-electron chi connectivity index (χ0n) is 30.9. The molecule has 0 N–H and O–H groups in total. The number of hydrogen-bond donors (Lipinski definition) is 0. The average molecular weight is 727 g/mol. The number of hydrogen-bond acceptors (Lipinski definition) is 1. The summed E-state index contributed by atoms with van der Waals surface area (Å²) in [6.07, 6.45) is 0. The van der Waals surface area contributed by atoms with Gasteiger partial charge in [-0.15, -0.1) is 0 Å². The van der Waals surface area contributed by atoms with Gasteiger partial charge in [-0.25, -0.2) is 0 Å². The van der Waals surface area contributed by atoms with Crippen molar-refractivity contribution in [3.63, 3.8) is 0 Å². The zero-order chi connectivity index (χ0) is 37.5. The maximum Gasteiger partial charge on any atom is 0.135 e. The molecule has 12 rings (SSSR count). The van der Waals surface area contributed by atoms with Crippen molar-refractivity contribution in [1.82, 2.24) is 9.13 Å². The fourth-order valence-corrected chi connectivity index (χ4v) is 9.20. The van der Waals surface area contributed by atoms with Gasteiger partial charge < -0.3 is 13.6 Å². The van der Waals surface area contributed by atoms with Gasteiger partial charge >= 0.3 is 0 Å². The number of fused-ring (bicyclic) bond motifs is 9. The normalized spacial score (nSPS) is 11.9. The molecule has 0 radical (unpaired) electrons. The fourth-order valence-electron chi connectivity index (χ4n) is 9.20. The topological polar surface area (TPSA) is 23.0 Å². The molecule has 0 saturated heterocycles. The minimum atomic E-state index is 0.895. The lowest BCUT2D eigenvalue weighted by Gasteiger charge is -2.15. The number of rotatable bonds is 5. The Kier molecular flexibility index (Phi) is 6.93. The Labute approximate surface area is 328 Å². The fraction of sp³-hybridized carbons (Fsp3) is 0. The summed E-state index contributed by atoms with van der Waals surface area (Å²) in [7, 11) is 0. The molecule has 3 heteroatoms. The van der Waals surface area contributed by atoms with E-state index in [2.05, 4.69) is 203 Å². The highest BCUT2D eigenvalue weighted by Gasteiger charge is 2.22. The van der Waals surface area contributed by atoms with Crippen LogP contribution in [0.5, 0.6) is 0 Å². The standard InChI is InChI=1S/C54H34N2O/c1-3-15-35(16-4-1)37-19-13-20-38(31-37)55-49-26-11-8-23-43(49)54-42(24-14-27-50(54)55)45-33-46-40-21-7-10-25-48(40)56(51(46)34-44(45)36-17-5-2-6-18-36)39-29-30-53-47(32-39)41-22-9-12-28-52(41)57-53/h1-34H. The molecule has 0 amide bonds. The first kappa shape index (κ1) is 31.7. The van der Waals surface area contributed by atoms with Crippen molar-refractivity contribution in [3.8, 4) is 44.8 Å². The van der Waals surface area contributed by atoms with Gasteiger partial charge in [0.1, 0.15) is 11.2 Å². The molecule has 3 heterocycles. The first-order chi connectivity index (χ1) is 28.3. The summed E-state index contributed by atoms with van der Waals surface area (Å²) in [5.41, 5.74) is 16.0. The molecule has 0 unspecified atom stereocenters. The average Bonchev–Trinajstić information content (AvgIpc) is 3.94. The maximum atomic E-state index is 6.25. The molecule has 0 saturated carbocycles. The summed E-state index contributed by atoms with van der Waals surface area (Å²) in [5, 5.41) is 7.16. The van der Waals surface area contributed by atoms with E-state index < -0.39 is 0 Å². The highest BCUT2D eigenvalue weighted by molar-refractivity contribution is 6.19. The molecule has 0 bridgehead atoms. The third-order valence-corrected chi connectivity index (χ3v) is 11.7. The summed E-state index contributed by atoms with van der Waals surface area (Å²) < 4.78 is 11.1. The van der Waals surface area contributed by atoms with Crippen LogP contribution in [0.1, 0.15) is 0 Å². The molecule has 3 nitrogen and oxygen atoms in total. The second kappa shape index (κ2) is 12.5. The van der Waals surface area contributed by atoms with Crippen molar-refractivity contribution < 1.29 is 4.42 Å². The molecular weight excluding hydrogens is 693 g/mol. The lowest BCUT2D eigenvalue weighted by molar-refractivity contribution is 0.669. The Bertz CT molecular complexity index is 3510. The van der Waals surface area contributed by atoms with Crippen LogP contribution in [0.25, 0.3) is 110 Å². The summed E-state index contributed by atoms with van der Waals surface area (Å²) in [6.45, 7) is 0. The van der Waals surface area contributed by atoms with Gasteiger partial charge in [-0.3, -0.25) is 0 Å². The largest absolute Gasteiger partial charge is 0.456 e. The lowest BCUT2D eigenvalue weighted by Crippen LogP contribution is -1.95. The number of nitrogens with zero attached hydrogens (tertiary/aromatic N) is 2. The number of aromatic nitrogens is 2. The van der Waals surface area contributed by atoms with Crippen molar-refractivity contribution >= 4 is 65.6 Å². The van der Waals surface area contributed by atoms with Gasteiger partial charge in [0.2, 0.25) is 0 Å². The predicted octanol–water partition coefficient (Wildman–Crippen LogP) is 14.8. The molecule has 0 aliphatic rings. The third kappa shape index (κ3) is 4.86. The van der Waals surface area contributed by atoms with E-state index in [1.807, 2.05) is 12.1 Å². The van der Waals surface area contributed by atoms with Crippen LogP contribution in [-0.2, 0) is 0 Å². The van der Waals surface area contributed by atoms with Gasteiger partial charge in [0.05, 0.1) is 22.1 Å². The second-order valence-electron chi connectivity index (χ2n) is 14.9. The molecule has 0 fully saturated rings. The summed E-state index contributed by atoms with van der Waals surface area (Å²) in [5.74, 6) is 0. The van der Waals surface area contributed by atoms with Crippen LogP contribution in [0.2, 0.25) is 0 Å². The zero-order valence-corrected chi connectivity index (χ0v) is 30.9. The molecule has 0 aliphatic carbocycles. The Hall–Kier alpha value is -7.62. The van der Waals surface area contributed by atoms with Gasteiger partial charge in [-0.05, 0) is 100 Å². The Morgan fingerprint density at radius 2 is 0.877 bits per heavy atom. The van der Waals surface area contributed by atoms with Crippen LogP contribution in [0, 0.1) is 0 Å². The summed E-state index contributed by atoms with van der Waals surface area (Å²) in [4.78, 5) is 0.